The molecular formula is C11H14F3N3O2. The predicted molar refractivity (Wildman–Crippen MR) is 64.1 cm³/mol. The fourth-order valence-electron chi connectivity index (χ4n) is 1.31. The smallest absolute Gasteiger partial charge is 0.397 e. The normalized spacial score (nSPS) is 11.7. The standard InChI is InChI=1S/C11H14F3N3O2/c1-17(19-2)6-10(18)16-9-4-3-7(5-8(9)15)11(12,13)14/h3-5H,6,15H2,1-2H3,(H,16,18). The first-order valence-corrected chi connectivity index (χ1v) is 5.26. The second-order valence-corrected chi connectivity index (χ2v) is 3.82. The van der Waals surface area contributed by atoms with Crippen molar-refractivity contribution in [3.63, 3.8) is 0 Å². The van der Waals surface area contributed by atoms with Crippen molar-refractivity contribution in [2.45, 2.75) is 6.18 Å². The summed E-state index contributed by atoms with van der Waals surface area (Å²) in [6.45, 7) is -0.0725. The van der Waals surface area contributed by atoms with E-state index < -0.39 is 17.6 Å². The molecule has 0 bridgehead atoms. The maximum absolute atomic E-state index is 12.4. The number of nitrogens with zero attached hydrogens (tertiary/aromatic N) is 1. The summed E-state index contributed by atoms with van der Waals surface area (Å²) in [5.74, 6) is -0.448. The van der Waals surface area contributed by atoms with Gasteiger partial charge >= 0.3 is 6.18 Å². The predicted octanol–water partition coefficient (Wildman–Crippen LogP) is 1.72. The average Bonchev–Trinajstić information content (AvgIpc) is 2.30. The van der Waals surface area contributed by atoms with Crippen molar-refractivity contribution in [2.75, 3.05) is 31.8 Å². The zero-order valence-corrected chi connectivity index (χ0v) is 10.4. The molecule has 1 aromatic rings. The summed E-state index contributed by atoms with van der Waals surface area (Å²) in [4.78, 5) is 16.3. The van der Waals surface area contributed by atoms with Crippen molar-refractivity contribution in [1.82, 2.24) is 5.06 Å². The van der Waals surface area contributed by atoms with E-state index in [4.69, 9.17) is 10.6 Å². The number of hydrogen-bond acceptors (Lipinski definition) is 4. The molecule has 0 saturated heterocycles. The van der Waals surface area contributed by atoms with Crippen LogP contribution in [0.1, 0.15) is 5.56 Å². The molecule has 1 rings (SSSR count). The Morgan fingerprint density at radius 3 is 2.58 bits per heavy atom. The lowest BCUT2D eigenvalue weighted by Crippen LogP contribution is -2.29. The third-order valence-corrected chi connectivity index (χ3v) is 2.33. The van der Waals surface area contributed by atoms with Gasteiger partial charge in [-0.25, -0.2) is 0 Å². The van der Waals surface area contributed by atoms with Crippen molar-refractivity contribution in [3.05, 3.63) is 23.8 Å². The molecule has 3 N–H and O–H groups in total. The third-order valence-electron chi connectivity index (χ3n) is 2.33. The summed E-state index contributed by atoms with van der Waals surface area (Å²) >= 11 is 0. The minimum Gasteiger partial charge on any atom is -0.397 e. The number of halogens is 3. The highest BCUT2D eigenvalue weighted by Gasteiger charge is 2.30. The Labute approximate surface area is 108 Å². The van der Waals surface area contributed by atoms with E-state index in [0.717, 1.165) is 18.2 Å². The average molecular weight is 277 g/mol. The van der Waals surface area contributed by atoms with Crippen LogP contribution in [-0.2, 0) is 15.8 Å². The molecule has 0 atom stereocenters. The van der Waals surface area contributed by atoms with Crippen molar-refractivity contribution in [3.8, 4) is 0 Å². The summed E-state index contributed by atoms with van der Waals surface area (Å²) in [6, 6.07) is 2.74. The number of carbonyl (C=O) groups is 1. The topological polar surface area (TPSA) is 67.6 Å². The Morgan fingerprint density at radius 2 is 2.11 bits per heavy atom. The number of anilines is 2. The van der Waals surface area contributed by atoms with Crippen LogP contribution in [0.25, 0.3) is 0 Å². The number of likely N-dealkylation sites (N-methyl/N-ethyl adjacent to an activating group) is 1. The van der Waals surface area contributed by atoms with Gasteiger partial charge in [-0.2, -0.15) is 18.2 Å². The van der Waals surface area contributed by atoms with Crippen LogP contribution in [-0.4, -0.2) is 31.7 Å². The van der Waals surface area contributed by atoms with Gasteiger partial charge in [0.2, 0.25) is 5.91 Å². The SMILES string of the molecule is CON(C)CC(=O)Nc1ccc(C(F)(F)F)cc1N. The maximum atomic E-state index is 12.4. The van der Waals surface area contributed by atoms with E-state index >= 15 is 0 Å². The fourth-order valence-corrected chi connectivity index (χ4v) is 1.31. The summed E-state index contributed by atoms with van der Waals surface area (Å²) in [7, 11) is 2.93. The monoisotopic (exact) mass is 277 g/mol. The van der Waals surface area contributed by atoms with Crippen LogP contribution in [0.15, 0.2) is 18.2 Å². The van der Waals surface area contributed by atoms with Crippen molar-refractivity contribution < 1.29 is 22.8 Å². The van der Waals surface area contributed by atoms with Gasteiger partial charge in [0.25, 0.3) is 0 Å². The van der Waals surface area contributed by atoms with Gasteiger partial charge in [-0.1, -0.05) is 0 Å². The summed E-state index contributed by atoms with van der Waals surface area (Å²) in [6.07, 6.45) is -4.47. The lowest BCUT2D eigenvalue weighted by atomic mass is 10.1. The number of amides is 1. The Morgan fingerprint density at radius 1 is 1.47 bits per heavy atom. The minimum absolute atomic E-state index is 0.0725. The van der Waals surface area contributed by atoms with Gasteiger partial charge in [0.05, 0.1) is 24.0 Å². The molecule has 0 aliphatic heterocycles. The van der Waals surface area contributed by atoms with E-state index in [0.29, 0.717) is 0 Å². The first kappa shape index (κ1) is 15.3. The highest BCUT2D eigenvalue weighted by molar-refractivity contribution is 5.95. The van der Waals surface area contributed by atoms with Gasteiger partial charge in [-0.15, -0.1) is 0 Å². The largest absolute Gasteiger partial charge is 0.416 e. The van der Waals surface area contributed by atoms with Crippen LogP contribution >= 0.6 is 0 Å². The quantitative estimate of drug-likeness (QED) is 0.649. The molecule has 0 aliphatic carbocycles. The number of hydrogen-bond donors (Lipinski definition) is 2. The molecule has 0 heterocycles. The van der Waals surface area contributed by atoms with Gasteiger partial charge in [-0.3, -0.25) is 4.79 Å². The third kappa shape index (κ3) is 4.42. The van der Waals surface area contributed by atoms with E-state index in [1.165, 1.54) is 19.2 Å². The number of nitrogens with two attached hydrogens (primary N) is 1. The van der Waals surface area contributed by atoms with Crippen LogP contribution in [0.3, 0.4) is 0 Å². The van der Waals surface area contributed by atoms with Crippen LogP contribution in [0.4, 0.5) is 24.5 Å². The summed E-state index contributed by atoms with van der Waals surface area (Å²) < 4.78 is 37.2. The molecule has 0 saturated carbocycles. The Kier molecular flexibility index (Phi) is 4.73. The fraction of sp³-hybridized carbons (Fsp3) is 0.364. The molecule has 5 nitrogen and oxygen atoms in total. The van der Waals surface area contributed by atoms with Gasteiger partial charge in [0.15, 0.2) is 0 Å². The molecule has 0 aliphatic rings. The minimum atomic E-state index is -4.47. The van der Waals surface area contributed by atoms with E-state index in [-0.39, 0.29) is 17.9 Å². The van der Waals surface area contributed by atoms with Crippen LogP contribution < -0.4 is 11.1 Å². The van der Waals surface area contributed by atoms with E-state index in [9.17, 15) is 18.0 Å². The molecule has 19 heavy (non-hydrogen) atoms. The lowest BCUT2D eigenvalue weighted by molar-refractivity contribution is -0.138. The summed E-state index contributed by atoms with van der Waals surface area (Å²) in [5.41, 5.74) is 4.58. The van der Waals surface area contributed by atoms with E-state index in [1.807, 2.05) is 0 Å². The Balaban J connectivity index is 2.78. The molecular weight excluding hydrogens is 263 g/mol. The molecule has 0 fully saturated rings. The van der Waals surface area contributed by atoms with Crippen LogP contribution in [0.5, 0.6) is 0 Å². The number of hydroxylamine groups is 2. The van der Waals surface area contributed by atoms with Crippen LogP contribution in [0.2, 0.25) is 0 Å². The first-order valence-electron chi connectivity index (χ1n) is 5.26. The van der Waals surface area contributed by atoms with E-state index in [2.05, 4.69) is 5.32 Å². The maximum Gasteiger partial charge on any atom is 0.416 e. The van der Waals surface area contributed by atoms with E-state index in [1.54, 1.807) is 0 Å². The number of rotatable bonds is 4. The summed E-state index contributed by atoms with van der Waals surface area (Å²) in [5, 5.41) is 3.66. The number of alkyl halides is 3. The first-order chi connectivity index (χ1) is 8.74. The second kappa shape index (κ2) is 5.89. The zero-order chi connectivity index (χ0) is 14.6. The number of nitrogens with one attached hydrogen (secondary N) is 1. The van der Waals surface area contributed by atoms with Crippen LogP contribution in [0, 0.1) is 0 Å². The Hall–Kier alpha value is -1.80. The van der Waals surface area contributed by atoms with Crippen molar-refractivity contribution in [1.29, 1.82) is 0 Å². The van der Waals surface area contributed by atoms with Gasteiger partial charge in [0, 0.05) is 7.05 Å². The van der Waals surface area contributed by atoms with Gasteiger partial charge in [-0.05, 0) is 18.2 Å². The molecule has 1 aromatic carbocycles. The molecule has 0 spiro atoms. The number of benzene rings is 1. The van der Waals surface area contributed by atoms with Gasteiger partial charge < -0.3 is 15.9 Å². The van der Waals surface area contributed by atoms with Gasteiger partial charge in [0.1, 0.15) is 6.54 Å². The van der Waals surface area contributed by atoms with Crippen molar-refractivity contribution in [2.24, 2.45) is 0 Å². The molecule has 0 unspecified atom stereocenters. The molecule has 8 heteroatoms. The zero-order valence-electron chi connectivity index (χ0n) is 10.4. The Bertz CT molecular complexity index is 463. The van der Waals surface area contributed by atoms with Crippen molar-refractivity contribution >= 4 is 17.3 Å². The molecule has 0 radical (unpaired) electrons. The number of carbonyl (C=O) groups excluding carboxylic acids is 1. The highest BCUT2D eigenvalue weighted by atomic mass is 19.4. The lowest BCUT2D eigenvalue weighted by Gasteiger charge is -2.15. The highest BCUT2D eigenvalue weighted by Crippen LogP contribution is 2.32. The number of nitrogen functional groups attached to an aromatic ring is 1. The molecule has 1 amide bonds. The second-order valence-electron chi connectivity index (χ2n) is 3.82. The molecule has 0 aromatic heterocycles. The molecule has 106 valence electrons.